The van der Waals surface area contributed by atoms with E-state index in [1.54, 1.807) is 22.0 Å². The smallest absolute Gasteiger partial charge is 0.210 e. The van der Waals surface area contributed by atoms with Crippen LogP contribution in [0, 0.1) is 0 Å². The predicted octanol–water partition coefficient (Wildman–Crippen LogP) is 1.23. The van der Waals surface area contributed by atoms with Gasteiger partial charge in [0, 0.05) is 26.2 Å². The van der Waals surface area contributed by atoms with Crippen LogP contribution in [0.4, 0.5) is 4.39 Å². The van der Waals surface area contributed by atoms with E-state index in [-0.39, 0.29) is 0 Å². The Balaban J connectivity index is 2.42. The summed E-state index contributed by atoms with van der Waals surface area (Å²) in [6.07, 6.45) is 2.49. The molecule has 1 aliphatic heterocycles. The van der Waals surface area contributed by atoms with Gasteiger partial charge in [0.2, 0.25) is 6.42 Å². The molecule has 0 spiro atoms. The predicted molar refractivity (Wildman–Crippen MR) is 48.4 cm³/mol. The number of halogens is 1. The zero-order chi connectivity index (χ0) is 8.97. The lowest BCUT2D eigenvalue weighted by atomic mass is 10.5. The van der Waals surface area contributed by atoms with Crippen LogP contribution in [-0.2, 0) is 0 Å². The molecule has 2 nitrogen and oxygen atoms in total. The molecule has 0 aliphatic carbocycles. The summed E-state index contributed by atoms with van der Waals surface area (Å²) in [5.41, 5.74) is 0. The Morgan fingerprint density at radius 2 is 1.58 bits per heavy atom. The first-order chi connectivity index (χ1) is 5.79. The summed E-state index contributed by atoms with van der Waals surface area (Å²) < 4.78 is 13.4. The van der Waals surface area contributed by atoms with E-state index < -0.39 is 6.42 Å². The fourth-order valence-electron chi connectivity index (χ4n) is 1.39. The molecule has 0 aromatic rings. The monoisotopic (exact) mass is 170 g/mol. The Morgan fingerprint density at radius 1 is 1.17 bits per heavy atom. The Hall–Kier alpha value is -0.670. The van der Waals surface area contributed by atoms with Crippen molar-refractivity contribution in [1.29, 1.82) is 0 Å². The van der Waals surface area contributed by atoms with Gasteiger partial charge in [0.25, 0.3) is 0 Å². The van der Waals surface area contributed by atoms with Crippen LogP contribution >= 0.6 is 0 Å². The van der Waals surface area contributed by atoms with Gasteiger partial charge in [-0.3, -0.25) is 9.80 Å². The molecule has 0 aromatic heterocycles. The Labute approximate surface area is 73.0 Å². The van der Waals surface area contributed by atoms with Crippen LogP contribution in [0.3, 0.4) is 0 Å². The Bertz CT molecular complexity index is 152. The molecule has 1 heterocycles. The van der Waals surface area contributed by atoms with Crippen molar-refractivity contribution in [3.8, 4) is 0 Å². The topological polar surface area (TPSA) is 6.48 Å². The first-order valence-electron chi connectivity index (χ1n) is 4.13. The summed E-state index contributed by atoms with van der Waals surface area (Å²) in [4.78, 5) is 3.49. The van der Waals surface area contributed by atoms with Gasteiger partial charge in [-0.25, -0.2) is 4.39 Å². The van der Waals surface area contributed by atoms with Crippen molar-refractivity contribution < 1.29 is 4.39 Å². The van der Waals surface area contributed by atoms with Crippen molar-refractivity contribution in [2.45, 2.75) is 6.42 Å². The van der Waals surface area contributed by atoms with Crippen molar-refractivity contribution in [3.63, 3.8) is 0 Å². The molecule has 0 amide bonds. The molecule has 0 bridgehead atoms. The highest BCUT2D eigenvalue weighted by molar-refractivity contribution is 4.84. The van der Waals surface area contributed by atoms with Gasteiger partial charge in [0.1, 0.15) is 0 Å². The van der Waals surface area contributed by atoms with Gasteiger partial charge in [-0.2, -0.15) is 0 Å². The highest BCUT2D eigenvalue weighted by Crippen LogP contribution is 2.14. The van der Waals surface area contributed by atoms with Crippen LogP contribution in [0.5, 0.6) is 0 Å². The molecule has 3 heteroatoms. The maximum Gasteiger partial charge on any atom is 0.210 e. The molecular formula is C9H15FN2. The van der Waals surface area contributed by atoms with Crippen LogP contribution in [0.1, 0.15) is 0 Å². The highest BCUT2D eigenvalue weighted by Gasteiger charge is 2.29. The molecule has 0 radical (unpaired) electrons. The average Bonchev–Trinajstić information content (AvgIpc) is 2.38. The third-order valence-corrected chi connectivity index (χ3v) is 2.00. The molecule has 0 saturated carbocycles. The van der Waals surface area contributed by atoms with E-state index in [2.05, 4.69) is 13.2 Å². The van der Waals surface area contributed by atoms with E-state index in [9.17, 15) is 4.39 Å². The van der Waals surface area contributed by atoms with Gasteiger partial charge in [-0.05, 0) is 0 Å². The van der Waals surface area contributed by atoms with Gasteiger partial charge in [0.15, 0.2) is 0 Å². The number of hydrogen-bond donors (Lipinski definition) is 0. The molecule has 1 rings (SSSR count). The average molecular weight is 170 g/mol. The molecule has 0 unspecified atom stereocenters. The lowest BCUT2D eigenvalue weighted by Crippen LogP contribution is -2.35. The van der Waals surface area contributed by atoms with E-state index in [1.807, 2.05) is 0 Å². The van der Waals surface area contributed by atoms with Gasteiger partial charge >= 0.3 is 0 Å². The summed E-state index contributed by atoms with van der Waals surface area (Å²) in [7, 11) is 0. The number of hydrogen-bond acceptors (Lipinski definition) is 2. The van der Waals surface area contributed by atoms with E-state index in [4.69, 9.17) is 0 Å². The van der Waals surface area contributed by atoms with Crippen LogP contribution in [0.2, 0.25) is 0 Å². The van der Waals surface area contributed by atoms with Crippen LogP contribution in [0.25, 0.3) is 0 Å². The summed E-state index contributed by atoms with van der Waals surface area (Å²) in [6.45, 7) is 9.96. The first-order valence-corrected chi connectivity index (χ1v) is 4.13. The minimum atomic E-state index is -0.957. The van der Waals surface area contributed by atoms with Gasteiger partial charge in [0.05, 0.1) is 0 Å². The largest absolute Gasteiger partial charge is 0.256 e. The molecule has 1 aliphatic rings. The second kappa shape index (κ2) is 4.38. The first kappa shape index (κ1) is 9.42. The molecular weight excluding hydrogens is 155 g/mol. The Morgan fingerprint density at radius 3 is 1.92 bits per heavy atom. The zero-order valence-electron chi connectivity index (χ0n) is 7.25. The second-order valence-corrected chi connectivity index (χ2v) is 2.88. The van der Waals surface area contributed by atoms with Crippen molar-refractivity contribution in [2.24, 2.45) is 0 Å². The van der Waals surface area contributed by atoms with Crippen LogP contribution < -0.4 is 0 Å². The van der Waals surface area contributed by atoms with Crippen molar-refractivity contribution in [3.05, 3.63) is 25.3 Å². The molecule has 1 saturated heterocycles. The molecule has 0 N–H and O–H groups in total. The standard InChI is InChI=1S/C9H15FN2/c1-3-5-11-7-8-12(6-4-2)9(11)10/h3-4,9H,1-2,5-8H2. The fraction of sp³-hybridized carbons (Fsp3) is 0.556. The van der Waals surface area contributed by atoms with Gasteiger partial charge in [-0.1, -0.05) is 12.2 Å². The highest BCUT2D eigenvalue weighted by atomic mass is 19.1. The van der Waals surface area contributed by atoms with E-state index >= 15 is 0 Å². The number of rotatable bonds is 4. The third-order valence-electron chi connectivity index (χ3n) is 2.00. The second-order valence-electron chi connectivity index (χ2n) is 2.88. The van der Waals surface area contributed by atoms with Crippen LogP contribution in [0.15, 0.2) is 25.3 Å². The van der Waals surface area contributed by atoms with Crippen molar-refractivity contribution in [2.75, 3.05) is 26.2 Å². The maximum atomic E-state index is 13.4. The lowest BCUT2D eigenvalue weighted by molar-refractivity contribution is 0.0311. The number of alkyl halides is 1. The molecule has 0 aromatic carbocycles. The van der Waals surface area contributed by atoms with Crippen LogP contribution in [-0.4, -0.2) is 42.4 Å². The summed E-state index contributed by atoms with van der Waals surface area (Å²) >= 11 is 0. The quantitative estimate of drug-likeness (QED) is 0.462. The minimum absolute atomic E-state index is 0.620. The molecule has 0 atom stereocenters. The van der Waals surface area contributed by atoms with E-state index in [0.717, 1.165) is 13.1 Å². The van der Waals surface area contributed by atoms with Crippen molar-refractivity contribution in [1.82, 2.24) is 9.80 Å². The lowest BCUT2D eigenvalue weighted by Gasteiger charge is -2.20. The minimum Gasteiger partial charge on any atom is -0.256 e. The normalized spacial score (nSPS) is 21.4. The molecule has 1 fully saturated rings. The maximum absolute atomic E-state index is 13.4. The summed E-state index contributed by atoms with van der Waals surface area (Å²) in [5, 5.41) is 0. The third kappa shape index (κ3) is 1.93. The summed E-state index contributed by atoms with van der Waals surface area (Å²) in [5.74, 6) is 0. The van der Waals surface area contributed by atoms with Crippen molar-refractivity contribution >= 4 is 0 Å². The molecule has 68 valence electrons. The zero-order valence-corrected chi connectivity index (χ0v) is 7.25. The van der Waals surface area contributed by atoms with Gasteiger partial charge < -0.3 is 0 Å². The summed E-state index contributed by atoms with van der Waals surface area (Å²) in [6, 6.07) is 0. The number of nitrogens with zero attached hydrogens (tertiary/aromatic N) is 2. The SMILES string of the molecule is C=CCN1CCN(CC=C)C1F. The van der Waals surface area contributed by atoms with E-state index in [0.29, 0.717) is 13.1 Å². The molecule has 12 heavy (non-hydrogen) atoms. The fourth-order valence-corrected chi connectivity index (χ4v) is 1.39. The van der Waals surface area contributed by atoms with Gasteiger partial charge in [-0.15, -0.1) is 13.2 Å². The Kier molecular flexibility index (Phi) is 3.44. The van der Waals surface area contributed by atoms with E-state index in [1.165, 1.54) is 0 Å².